The van der Waals surface area contributed by atoms with E-state index in [0.29, 0.717) is 10.6 Å². The van der Waals surface area contributed by atoms with Crippen LogP contribution in [-0.4, -0.2) is 44.3 Å². The van der Waals surface area contributed by atoms with E-state index in [1.807, 2.05) is 30.3 Å². The number of carbonyl (C=O) groups excluding carboxylic acids is 2. The lowest BCUT2D eigenvalue weighted by molar-refractivity contribution is -0.123. The van der Waals surface area contributed by atoms with Crippen LogP contribution < -0.4 is 10.2 Å². The first-order chi connectivity index (χ1) is 14.1. The van der Waals surface area contributed by atoms with Gasteiger partial charge in [0.05, 0.1) is 13.2 Å². The highest BCUT2D eigenvalue weighted by atomic mass is 32.1. The molecule has 29 heavy (non-hydrogen) atoms. The molecule has 2 aliphatic rings. The molecular weight excluding hydrogens is 388 g/mol. The molecule has 4 rings (SSSR count). The van der Waals surface area contributed by atoms with Gasteiger partial charge in [-0.05, 0) is 68.5 Å². The second-order valence-electron chi connectivity index (χ2n) is 7.45. The molecule has 0 saturated carbocycles. The van der Waals surface area contributed by atoms with Gasteiger partial charge in [-0.15, -0.1) is 11.3 Å². The molecule has 1 fully saturated rings. The second kappa shape index (κ2) is 8.97. The zero-order valence-corrected chi connectivity index (χ0v) is 17.4. The predicted octanol–water partition coefficient (Wildman–Crippen LogP) is 3.65. The van der Waals surface area contributed by atoms with Crippen molar-refractivity contribution in [3.63, 3.8) is 0 Å². The van der Waals surface area contributed by atoms with Gasteiger partial charge in [0, 0.05) is 29.3 Å². The summed E-state index contributed by atoms with van der Waals surface area (Å²) in [4.78, 5) is 29.0. The normalized spacial score (nSPS) is 17.3. The fraction of sp³-hybridized carbons (Fsp3) is 0.455. The molecule has 1 unspecified atom stereocenters. The summed E-state index contributed by atoms with van der Waals surface area (Å²) in [5, 5.41) is 2.82. The number of esters is 1. The van der Waals surface area contributed by atoms with Crippen molar-refractivity contribution in [1.29, 1.82) is 0 Å². The summed E-state index contributed by atoms with van der Waals surface area (Å²) in [7, 11) is 0. The Kier molecular flexibility index (Phi) is 6.16. The number of amides is 1. The third-order valence-corrected chi connectivity index (χ3v) is 6.58. The zero-order valence-electron chi connectivity index (χ0n) is 16.6. The monoisotopic (exact) mass is 414 g/mol. The highest BCUT2D eigenvalue weighted by molar-refractivity contribution is 7.14. The maximum atomic E-state index is 12.4. The van der Waals surface area contributed by atoms with Crippen LogP contribution in [0.15, 0.2) is 30.3 Å². The summed E-state index contributed by atoms with van der Waals surface area (Å²) < 4.78 is 10.8. The van der Waals surface area contributed by atoms with E-state index in [9.17, 15) is 9.59 Å². The lowest BCUT2D eigenvalue weighted by atomic mass is 9.99. The molecule has 7 heteroatoms. The minimum Gasteiger partial charge on any atom is -0.448 e. The summed E-state index contributed by atoms with van der Waals surface area (Å²) in [5.74, 6) is -0.756. The summed E-state index contributed by atoms with van der Waals surface area (Å²) in [6, 6.07) is 9.62. The lowest BCUT2D eigenvalue weighted by Crippen LogP contribution is -2.36. The SMILES string of the molecule is CC(OC(=O)c1cc2c(s1)CCCC2)C(=O)Nc1ccc(N2CCOCC2)cc1. The van der Waals surface area contributed by atoms with Crippen molar-refractivity contribution in [2.24, 2.45) is 0 Å². The van der Waals surface area contributed by atoms with Gasteiger partial charge in [0.2, 0.25) is 0 Å². The number of nitrogens with one attached hydrogen (secondary N) is 1. The van der Waals surface area contributed by atoms with Crippen molar-refractivity contribution < 1.29 is 19.1 Å². The van der Waals surface area contributed by atoms with Gasteiger partial charge < -0.3 is 19.7 Å². The van der Waals surface area contributed by atoms with Crippen LogP contribution >= 0.6 is 11.3 Å². The van der Waals surface area contributed by atoms with Crippen LogP contribution in [0.3, 0.4) is 0 Å². The molecule has 0 radical (unpaired) electrons. The van der Waals surface area contributed by atoms with Crippen LogP contribution in [0.25, 0.3) is 0 Å². The number of anilines is 2. The van der Waals surface area contributed by atoms with Crippen LogP contribution in [0.1, 0.15) is 39.9 Å². The molecule has 1 aliphatic heterocycles. The van der Waals surface area contributed by atoms with E-state index in [4.69, 9.17) is 9.47 Å². The number of carbonyl (C=O) groups is 2. The van der Waals surface area contributed by atoms with Crippen molar-refractivity contribution in [2.45, 2.75) is 38.7 Å². The fourth-order valence-corrected chi connectivity index (χ4v) is 4.82. The molecule has 6 nitrogen and oxygen atoms in total. The molecule has 1 aromatic heterocycles. The van der Waals surface area contributed by atoms with E-state index in [1.54, 1.807) is 6.92 Å². The Balaban J connectivity index is 1.32. The molecule has 1 atom stereocenters. The van der Waals surface area contributed by atoms with Gasteiger partial charge in [-0.25, -0.2) is 4.79 Å². The van der Waals surface area contributed by atoms with Gasteiger partial charge in [0.15, 0.2) is 6.10 Å². The highest BCUT2D eigenvalue weighted by Gasteiger charge is 2.23. The number of hydrogen-bond acceptors (Lipinski definition) is 6. The Morgan fingerprint density at radius 1 is 1.14 bits per heavy atom. The van der Waals surface area contributed by atoms with Crippen molar-refractivity contribution in [1.82, 2.24) is 0 Å². The van der Waals surface area contributed by atoms with E-state index in [1.165, 1.54) is 34.6 Å². The number of fused-ring (bicyclic) bond motifs is 1. The highest BCUT2D eigenvalue weighted by Crippen LogP contribution is 2.30. The van der Waals surface area contributed by atoms with Crippen LogP contribution in [-0.2, 0) is 27.1 Å². The van der Waals surface area contributed by atoms with Crippen molar-refractivity contribution in [3.05, 3.63) is 45.6 Å². The Bertz CT molecular complexity index is 848. The number of benzene rings is 1. The Morgan fingerprint density at radius 3 is 2.59 bits per heavy atom. The molecule has 1 aromatic carbocycles. The third-order valence-electron chi connectivity index (χ3n) is 5.36. The topological polar surface area (TPSA) is 67.9 Å². The third kappa shape index (κ3) is 4.79. The summed E-state index contributed by atoms with van der Waals surface area (Å²) in [6.45, 7) is 4.79. The van der Waals surface area contributed by atoms with E-state index in [0.717, 1.165) is 44.8 Å². The molecule has 2 heterocycles. The molecule has 0 bridgehead atoms. The van der Waals surface area contributed by atoms with Gasteiger partial charge in [-0.3, -0.25) is 4.79 Å². The van der Waals surface area contributed by atoms with Crippen molar-refractivity contribution in [2.75, 3.05) is 36.5 Å². The van der Waals surface area contributed by atoms with Gasteiger partial charge in [-0.1, -0.05) is 0 Å². The minimum absolute atomic E-state index is 0.334. The molecule has 2 aromatic rings. The Hall–Kier alpha value is -2.38. The number of rotatable bonds is 5. The molecule has 1 N–H and O–H groups in total. The van der Waals surface area contributed by atoms with Crippen LogP contribution in [0.2, 0.25) is 0 Å². The molecular formula is C22H26N2O4S. The summed E-state index contributed by atoms with van der Waals surface area (Å²) in [6.07, 6.45) is 3.53. The number of ether oxygens (including phenoxy) is 2. The van der Waals surface area contributed by atoms with E-state index in [-0.39, 0.29) is 5.91 Å². The van der Waals surface area contributed by atoms with Crippen LogP contribution in [0, 0.1) is 0 Å². The molecule has 1 aliphatic carbocycles. The largest absolute Gasteiger partial charge is 0.448 e. The van der Waals surface area contributed by atoms with Crippen molar-refractivity contribution in [3.8, 4) is 0 Å². The van der Waals surface area contributed by atoms with E-state index < -0.39 is 12.1 Å². The first-order valence-corrected chi connectivity index (χ1v) is 11.0. The average molecular weight is 415 g/mol. The summed E-state index contributed by atoms with van der Waals surface area (Å²) in [5.41, 5.74) is 3.04. The minimum atomic E-state index is -0.861. The van der Waals surface area contributed by atoms with Gasteiger partial charge in [-0.2, -0.15) is 0 Å². The average Bonchev–Trinajstić information content (AvgIpc) is 3.19. The van der Waals surface area contributed by atoms with Gasteiger partial charge in [0.1, 0.15) is 4.88 Å². The predicted molar refractivity (Wildman–Crippen MR) is 114 cm³/mol. The summed E-state index contributed by atoms with van der Waals surface area (Å²) >= 11 is 1.50. The molecule has 154 valence electrons. The van der Waals surface area contributed by atoms with Crippen LogP contribution in [0.5, 0.6) is 0 Å². The zero-order chi connectivity index (χ0) is 20.2. The number of aryl methyl sites for hydroxylation is 2. The Labute approximate surface area is 174 Å². The maximum absolute atomic E-state index is 12.4. The first-order valence-electron chi connectivity index (χ1n) is 10.2. The van der Waals surface area contributed by atoms with Gasteiger partial charge >= 0.3 is 5.97 Å². The Morgan fingerprint density at radius 2 is 1.86 bits per heavy atom. The number of morpholine rings is 1. The van der Waals surface area contributed by atoms with E-state index >= 15 is 0 Å². The number of thiophene rings is 1. The quantitative estimate of drug-likeness (QED) is 0.757. The lowest BCUT2D eigenvalue weighted by Gasteiger charge is -2.28. The van der Waals surface area contributed by atoms with E-state index in [2.05, 4.69) is 10.2 Å². The standard InChI is InChI=1S/C22H26N2O4S/c1-15(28-22(26)20-14-16-4-2-3-5-19(16)29-20)21(25)23-17-6-8-18(9-7-17)24-10-12-27-13-11-24/h6-9,14-15H,2-5,10-13H2,1H3,(H,23,25). The molecule has 1 amide bonds. The van der Waals surface area contributed by atoms with Gasteiger partial charge in [0.25, 0.3) is 5.91 Å². The molecule has 0 spiro atoms. The number of hydrogen-bond donors (Lipinski definition) is 1. The fourth-order valence-electron chi connectivity index (χ4n) is 3.68. The smallest absolute Gasteiger partial charge is 0.349 e. The number of nitrogens with zero attached hydrogens (tertiary/aromatic N) is 1. The maximum Gasteiger partial charge on any atom is 0.349 e. The van der Waals surface area contributed by atoms with Crippen LogP contribution in [0.4, 0.5) is 11.4 Å². The van der Waals surface area contributed by atoms with Crippen molar-refractivity contribution >= 4 is 34.6 Å². The first kappa shape index (κ1) is 19.9. The molecule has 1 saturated heterocycles. The second-order valence-corrected chi connectivity index (χ2v) is 8.59.